The maximum Gasteiger partial charge on any atom is 0.330 e. The van der Waals surface area contributed by atoms with Crippen LogP contribution in [0.4, 0.5) is 0 Å². The Labute approximate surface area is 241 Å². The van der Waals surface area contributed by atoms with E-state index >= 15 is 0 Å². The first kappa shape index (κ1) is 29.8. The Morgan fingerprint density at radius 1 is 1.12 bits per heavy atom. The van der Waals surface area contributed by atoms with Crippen molar-refractivity contribution in [2.45, 2.75) is 43.9 Å². The van der Waals surface area contributed by atoms with Crippen molar-refractivity contribution in [2.24, 2.45) is 5.73 Å². The first-order chi connectivity index (χ1) is 20.1. The third kappa shape index (κ3) is 6.92. The van der Waals surface area contributed by atoms with E-state index in [1.54, 1.807) is 35.0 Å². The average molecular weight is 577 g/mol. The quantitative estimate of drug-likeness (QED) is 0.116. The van der Waals surface area contributed by atoms with Gasteiger partial charge in [-0.3, -0.25) is 24.6 Å². The van der Waals surface area contributed by atoms with E-state index in [9.17, 15) is 29.1 Å². The van der Waals surface area contributed by atoms with E-state index in [0.29, 0.717) is 11.1 Å². The number of carbonyl (C=O) groups is 5. The lowest BCUT2D eigenvalue weighted by Gasteiger charge is -2.28. The smallest absolute Gasteiger partial charge is 0.330 e. The van der Waals surface area contributed by atoms with Crippen LogP contribution in [0.3, 0.4) is 0 Å². The molecular weight excluding hydrogens is 544 g/mol. The van der Waals surface area contributed by atoms with Crippen LogP contribution in [0.1, 0.15) is 24.0 Å². The molecule has 2 heterocycles. The Morgan fingerprint density at radius 3 is 2.50 bits per heavy atom. The van der Waals surface area contributed by atoms with E-state index < -0.39 is 54.2 Å². The number of aliphatic carboxylic acids is 1. The molecule has 1 aromatic heterocycles. The fourth-order valence-electron chi connectivity index (χ4n) is 4.97. The number of methoxy groups -OCH3 is 1. The summed E-state index contributed by atoms with van der Waals surface area (Å²) in [6, 6.07) is 12.4. The Bertz CT molecular complexity index is 1520. The molecule has 0 bridgehead atoms. The van der Waals surface area contributed by atoms with Crippen LogP contribution in [0.15, 0.2) is 60.8 Å². The maximum absolute atomic E-state index is 13.4. The van der Waals surface area contributed by atoms with Gasteiger partial charge in [0.05, 0.1) is 26.5 Å². The summed E-state index contributed by atoms with van der Waals surface area (Å²) in [6.07, 6.45) is 1.21. The van der Waals surface area contributed by atoms with Crippen LogP contribution >= 0.6 is 0 Å². The minimum atomic E-state index is -1.41. The fraction of sp³-hybridized carbons (Fsp3) is 0.310. The van der Waals surface area contributed by atoms with Crippen LogP contribution < -0.4 is 16.4 Å². The van der Waals surface area contributed by atoms with Crippen molar-refractivity contribution < 1.29 is 33.8 Å². The second-order valence-corrected chi connectivity index (χ2v) is 9.95. The highest BCUT2D eigenvalue weighted by Gasteiger charge is 2.41. The van der Waals surface area contributed by atoms with Crippen molar-refractivity contribution in [3.05, 3.63) is 71.9 Å². The van der Waals surface area contributed by atoms with Gasteiger partial charge in [-0.25, -0.2) is 4.79 Å². The monoisotopic (exact) mass is 576 g/mol. The third-order valence-electron chi connectivity index (χ3n) is 7.11. The number of hydrogen-bond donors (Lipinski definition) is 5. The van der Waals surface area contributed by atoms with Gasteiger partial charge in [-0.15, -0.1) is 0 Å². The van der Waals surface area contributed by atoms with Gasteiger partial charge in [0.25, 0.3) is 0 Å². The number of likely N-dealkylation sites (tertiary alicyclic amines) is 1. The molecule has 1 saturated heterocycles. The number of amides is 3. The molecule has 1 aliphatic rings. The van der Waals surface area contributed by atoms with Gasteiger partial charge in [-0.2, -0.15) is 0 Å². The number of ether oxygens (including phenoxy) is 1. The molecule has 3 atom stereocenters. The first-order valence-electron chi connectivity index (χ1n) is 13.2. The molecule has 0 saturated carbocycles. The van der Waals surface area contributed by atoms with E-state index in [-0.39, 0.29) is 31.8 Å². The van der Waals surface area contributed by atoms with Crippen LogP contribution in [0.5, 0.6) is 0 Å². The van der Waals surface area contributed by atoms with Gasteiger partial charge >= 0.3 is 11.9 Å². The van der Waals surface area contributed by atoms with Gasteiger partial charge in [0, 0.05) is 23.8 Å². The topological polar surface area (TPSA) is 197 Å². The number of esters is 1. The number of carbonyl (C=O) groups excluding carboxylic acids is 4. The summed E-state index contributed by atoms with van der Waals surface area (Å²) in [5.74, 6) is -3.99. The number of carboxylic acid groups (broad SMARTS) is 1. The van der Waals surface area contributed by atoms with Gasteiger partial charge in [0.2, 0.25) is 17.7 Å². The Balaban J connectivity index is 1.43. The lowest BCUT2D eigenvalue weighted by atomic mass is 10.1. The standard InChI is InChI=1S/C29H32N6O7/c1-42-29(41)21(16-34-12-10-18-4-2-3-5-22(18)34)33-27(39)23(15-25(37)38)35-13-11-20(28(35)40)32-24(36)14-17-6-8-19(9-7-17)26(30)31/h2-10,12,20-21,23H,11,13-16H2,1H3,(H3,30,31)(H,32,36)(H,33,39)(H,37,38)/t20-,21-,23-/m0/s1. The van der Waals surface area contributed by atoms with E-state index in [4.69, 9.17) is 15.9 Å². The number of carboxylic acids is 1. The number of nitrogens with zero attached hydrogens (tertiary/aromatic N) is 2. The molecule has 0 aliphatic carbocycles. The minimum Gasteiger partial charge on any atom is -0.481 e. The lowest BCUT2D eigenvalue weighted by Crippen LogP contribution is -2.55. The second kappa shape index (κ2) is 13.0. The van der Waals surface area contributed by atoms with E-state index in [2.05, 4.69) is 10.6 Å². The van der Waals surface area contributed by atoms with Crippen molar-refractivity contribution in [1.82, 2.24) is 20.1 Å². The molecule has 4 rings (SSSR count). The van der Waals surface area contributed by atoms with Crippen LogP contribution in [0, 0.1) is 5.41 Å². The van der Waals surface area contributed by atoms with Crippen LogP contribution in [0.25, 0.3) is 10.9 Å². The second-order valence-electron chi connectivity index (χ2n) is 9.95. The average Bonchev–Trinajstić information content (AvgIpc) is 3.53. The van der Waals surface area contributed by atoms with E-state index in [0.717, 1.165) is 15.8 Å². The predicted octanol–water partition coefficient (Wildman–Crippen LogP) is 0.386. The Hall–Kier alpha value is -5.20. The molecule has 1 fully saturated rings. The predicted molar refractivity (Wildman–Crippen MR) is 151 cm³/mol. The van der Waals surface area contributed by atoms with Crippen LogP contribution in [-0.2, 0) is 41.7 Å². The summed E-state index contributed by atoms with van der Waals surface area (Å²) in [4.78, 5) is 64.7. The number of nitrogens with one attached hydrogen (secondary N) is 3. The molecule has 13 nitrogen and oxygen atoms in total. The molecule has 42 heavy (non-hydrogen) atoms. The molecular formula is C29H32N6O7. The maximum atomic E-state index is 13.4. The molecule has 220 valence electrons. The van der Waals surface area contributed by atoms with Crippen molar-refractivity contribution in [2.75, 3.05) is 13.7 Å². The first-order valence-corrected chi connectivity index (χ1v) is 13.2. The number of nitrogens with two attached hydrogens (primary N) is 1. The van der Waals surface area contributed by atoms with Crippen molar-refractivity contribution in [3.8, 4) is 0 Å². The lowest BCUT2D eigenvalue weighted by molar-refractivity contribution is -0.148. The SMILES string of the molecule is COC(=O)[C@H](Cn1ccc2ccccc21)NC(=O)[C@H](CC(=O)O)N1CC[C@H](NC(=O)Cc2ccc(C(=N)N)cc2)C1=O. The molecule has 6 N–H and O–H groups in total. The highest BCUT2D eigenvalue weighted by atomic mass is 16.5. The fourth-order valence-corrected chi connectivity index (χ4v) is 4.97. The molecule has 0 spiro atoms. The summed E-state index contributed by atoms with van der Waals surface area (Å²) in [5, 5.41) is 23.1. The molecule has 0 radical (unpaired) electrons. The van der Waals surface area contributed by atoms with Crippen LogP contribution in [0.2, 0.25) is 0 Å². The summed E-state index contributed by atoms with van der Waals surface area (Å²) >= 11 is 0. The van der Waals surface area contributed by atoms with Crippen LogP contribution in [-0.4, -0.2) is 81.8 Å². The molecule has 3 amide bonds. The zero-order valence-electron chi connectivity index (χ0n) is 22.9. The van der Waals surface area contributed by atoms with Gasteiger partial charge in [-0.1, -0.05) is 42.5 Å². The van der Waals surface area contributed by atoms with E-state index in [1.807, 2.05) is 30.3 Å². The molecule has 1 aliphatic heterocycles. The van der Waals surface area contributed by atoms with Gasteiger partial charge in [-0.05, 0) is 29.5 Å². The number of nitrogen functional groups attached to an aromatic ring is 1. The number of benzene rings is 2. The number of fused-ring (bicyclic) bond motifs is 1. The van der Waals surface area contributed by atoms with Crippen molar-refractivity contribution >= 4 is 46.4 Å². The number of hydrogen-bond acceptors (Lipinski definition) is 7. The summed E-state index contributed by atoms with van der Waals surface area (Å²) in [6.45, 7) is 0.0549. The van der Waals surface area contributed by atoms with Gasteiger partial charge in [0.15, 0.2) is 0 Å². The van der Waals surface area contributed by atoms with Gasteiger partial charge < -0.3 is 35.7 Å². The normalized spacial score (nSPS) is 16.1. The number of rotatable bonds is 12. The minimum absolute atomic E-state index is 0.0196. The van der Waals surface area contributed by atoms with Crippen molar-refractivity contribution in [1.29, 1.82) is 5.41 Å². The molecule has 3 aromatic rings. The highest BCUT2D eigenvalue weighted by molar-refractivity contribution is 5.97. The largest absolute Gasteiger partial charge is 0.481 e. The number of aromatic nitrogens is 1. The van der Waals surface area contributed by atoms with E-state index in [1.165, 1.54) is 7.11 Å². The number of amidine groups is 1. The highest BCUT2D eigenvalue weighted by Crippen LogP contribution is 2.19. The van der Waals surface area contributed by atoms with Crippen molar-refractivity contribution in [3.63, 3.8) is 0 Å². The molecule has 0 unspecified atom stereocenters. The Morgan fingerprint density at radius 2 is 1.83 bits per heavy atom. The zero-order chi connectivity index (χ0) is 30.4. The molecule has 2 aromatic carbocycles. The summed E-state index contributed by atoms with van der Waals surface area (Å²) in [7, 11) is 1.18. The third-order valence-corrected chi connectivity index (χ3v) is 7.11. The summed E-state index contributed by atoms with van der Waals surface area (Å²) < 4.78 is 6.65. The van der Waals surface area contributed by atoms with Gasteiger partial charge in [0.1, 0.15) is 24.0 Å². The zero-order valence-corrected chi connectivity index (χ0v) is 22.9. The summed E-state index contributed by atoms with van der Waals surface area (Å²) in [5.41, 5.74) is 7.43. The molecule has 13 heteroatoms. The Kier molecular flexibility index (Phi) is 9.20. The number of para-hydroxylation sites is 1.